The molecule has 2 saturated carbocycles. The number of hydrogen-bond donors (Lipinski definition) is 0. The fourth-order valence-corrected chi connectivity index (χ4v) is 5.48. The lowest BCUT2D eigenvalue weighted by atomic mass is 9.87. The Balaban J connectivity index is 1.51. The number of hydrogen-bond acceptors (Lipinski definition) is 3. The Labute approximate surface area is 156 Å². The third-order valence-corrected chi connectivity index (χ3v) is 6.92. The van der Waals surface area contributed by atoms with Gasteiger partial charge in [0.2, 0.25) is 0 Å². The SMILES string of the molecule is CCc1nn(C2CCCC2)c2c1CCn1c(CC3CCCCC3)nnc1-2. The van der Waals surface area contributed by atoms with Crippen LogP contribution >= 0.6 is 0 Å². The predicted octanol–water partition coefficient (Wildman–Crippen LogP) is 4.50. The van der Waals surface area contributed by atoms with Gasteiger partial charge in [-0.2, -0.15) is 5.10 Å². The van der Waals surface area contributed by atoms with E-state index in [1.54, 1.807) is 0 Å². The van der Waals surface area contributed by atoms with Gasteiger partial charge in [0.25, 0.3) is 0 Å². The molecular formula is C21H31N5. The van der Waals surface area contributed by atoms with Crippen LogP contribution in [0.3, 0.4) is 0 Å². The summed E-state index contributed by atoms with van der Waals surface area (Å²) in [5, 5.41) is 14.4. The summed E-state index contributed by atoms with van der Waals surface area (Å²) in [7, 11) is 0. The molecule has 0 bridgehead atoms. The lowest BCUT2D eigenvalue weighted by Gasteiger charge is -2.23. The van der Waals surface area contributed by atoms with Crippen LogP contribution in [0, 0.1) is 5.92 Å². The number of nitrogens with zero attached hydrogens (tertiary/aromatic N) is 5. The van der Waals surface area contributed by atoms with E-state index in [2.05, 4.69) is 21.3 Å². The molecule has 3 heterocycles. The van der Waals surface area contributed by atoms with Crippen molar-refractivity contribution in [2.75, 3.05) is 0 Å². The zero-order valence-electron chi connectivity index (χ0n) is 16.1. The van der Waals surface area contributed by atoms with Gasteiger partial charge >= 0.3 is 0 Å². The Kier molecular flexibility index (Phi) is 4.33. The lowest BCUT2D eigenvalue weighted by molar-refractivity contribution is 0.347. The van der Waals surface area contributed by atoms with E-state index in [1.165, 1.54) is 80.6 Å². The molecule has 2 fully saturated rings. The fourth-order valence-electron chi connectivity index (χ4n) is 5.48. The molecule has 0 amide bonds. The molecule has 5 nitrogen and oxygen atoms in total. The van der Waals surface area contributed by atoms with Gasteiger partial charge in [-0.15, -0.1) is 10.2 Å². The topological polar surface area (TPSA) is 48.5 Å². The maximum atomic E-state index is 5.05. The molecule has 5 heteroatoms. The molecule has 140 valence electrons. The van der Waals surface area contributed by atoms with Gasteiger partial charge in [-0.1, -0.05) is 51.9 Å². The summed E-state index contributed by atoms with van der Waals surface area (Å²) in [5.74, 6) is 3.12. The van der Waals surface area contributed by atoms with E-state index in [0.717, 1.165) is 37.5 Å². The zero-order chi connectivity index (χ0) is 17.5. The third-order valence-electron chi connectivity index (χ3n) is 6.92. The summed E-state index contributed by atoms with van der Waals surface area (Å²) >= 11 is 0. The summed E-state index contributed by atoms with van der Waals surface area (Å²) in [4.78, 5) is 0. The molecule has 0 atom stereocenters. The quantitative estimate of drug-likeness (QED) is 0.813. The molecule has 0 aromatic carbocycles. The second-order valence-electron chi connectivity index (χ2n) is 8.56. The van der Waals surface area contributed by atoms with Crippen LogP contribution in [0.4, 0.5) is 0 Å². The first kappa shape index (κ1) is 16.5. The monoisotopic (exact) mass is 353 g/mol. The first-order chi connectivity index (χ1) is 12.8. The highest BCUT2D eigenvalue weighted by molar-refractivity contribution is 5.60. The van der Waals surface area contributed by atoms with E-state index in [9.17, 15) is 0 Å². The molecule has 1 aliphatic heterocycles. The summed E-state index contributed by atoms with van der Waals surface area (Å²) in [6, 6.07) is 0.564. The van der Waals surface area contributed by atoms with Crippen LogP contribution in [0.2, 0.25) is 0 Å². The van der Waals surface area contributed by atoms with Crippen molar-refractivity contribution < 1.29 is 0 Å². The van der Waals surface area contributed by atoms with Crippen LogP contribution in [0.5, 0.6) is 0 Å². The highest BCUT2D eigenvalue weighted by atomic mass is 15.4. The molecule has 0 N–H and O–H groups in total. The van der Waals surface area contributed by atoms with Crippen LogP contribution in [-0.2, 0) is 25.8 Å². The van der Waals surface area contributed by atoms with Crippen molar-refractivity contribution in [3.8, 4) is 11.5 Å². The number of aryl methyl sites for hydroxylation is 1. The van der Waals surface area contributed by atoms with E-state index in [1.807, 2.05) is 0 Å². The van der Waals surface area contributed by atoms with E-state index >= 15 is 0 Å². The fraction of sp³-hybridized carbons (Fsp3) is 0.762. The summed E-state index contributed by atoms with van der Waals surface area (Å²) < 4.78 is 4.76. The van der Waals surface area contributed by atoms with Crippen molar-refractivity contribution in [3.05, 3.63) is 17.1 Å². The minimum Gasteiger partial charge on any atom is -0.309 e. The van der Waals surface area contributed by atoms with Gasteiger partial charge in [-0.25, -0.2) is 0 Å². The van der Waals surface area contributed by atoms with Gasteiger partial charge < -0.3 is 4.57 Å². The maximum absolute atomic E-state index is 5.05. The minimum absolute atomic E-state index is 0.564. The summed E-state index contributed by atoms with van der Waals surface area (Å²) in [6.07, 6.45) is 15.4. The Morgan fingerprint density at radius 2 is 1.73 bits per heavy atom. The minimum atomic E-state index is 0.564. The van der Waals surface area contributed by atoms with E-state index < -0.39 is 0 Å². The lowest BCUT2D eigenvalue weighted by Crippen LogP contribution is -2.19. The normalized spacial score (nSPS) is 21.1. The molecular weight excluding hydrogens is 322 g/mol. The zero-order valence-corrected chi connectivity index (χ0v) is 16.1. The molecule has 0 radical (unpaired) electrons. The van der Waals surface area contributed by atoms with E-state index in [0.29, 0.717) is 6.04 Å². The maximum Gasteiger partial charge on any atom is 0.182 e. The Bertz CT molecular complexity index is 775. The van der Waals surface area contributed by atoms with Crippen LogP contribution in [0.25, 0.3) is 11.5 Å². The van der Waals surface area contributed by atoms with Gasteiger partial charge in [-0.3, -0.25) is 4.68 Å². The number of rotatable bonds is 4. The van der Waals surface area contributed by atoms with Crippen LogP contribution in [0.1, 0.15) is 87.8 Å². The van der Waals surface area contributed by atoms with Crippen LogP contribution < -0.4 is 0 Å². The van der Waals surface area contributed by atoms with Gasteiger partial charge in [0.15, 0.2) is 5.82 Å². The van der Waals surface area contributed by atoms with Gasteiger partial charge in [0.05, 0.1) is 11.7 Å². The van der Waals surface area contributed by atoms with Crippen LogP contribution in [0.15, 0.2) is 0 Å². The smallest absolute Gasteiger partial charge is 0.182 e. The second kappa shape index (κ2) is 6.82. The summed E-state index contributed by atoms with van der Waals surface area (Å²) in [5.41, 5.74) is 4.03. The average molecular weight is 354 g/mol. The van der Waals surface area contributed by atoms with E-state index in [-0.39, 0.29) is 0 Å². The molecule has 3 aliphatic rings. The predicted molar refractivity (Wildman–Crippen MR) is 102 cm³/mol. The second-order valence-corrected chi connectivity index (χ2v) is 8.56. The van der Waals surface area contributed by atoms with Crippen molar-refractivity contribution in [1.82, 2.24) is 24.5 Å². The average Bonchev–Trinajstić information content (AvgIpc) is 3.40. The molecule has 26 heavy (non-hydrogen) atoms. The molecule has 0 saturated heterocycles. The van der Waals surface area contributed by atoms with Crippen molar-refractivity contribution >= 4 is 0 Å². The van der Waals surface area contributed by atoms with Gasteiger partial charge in [-0.05, 0) is 31.6 Å². The molecule has 2 aromatic rings. The molecule has 2 aliphatic carbocycles. The molecule has 5 rings (SSSR count). The van der Waals surface area contributed by atoms with Gasteiger partial charge in [0, 0.05) is 18.5 Å². The van der Waals surface area contributed by atoms with Crippen LogP contribution in [-0.4, -0.2) is 24.5 Å². The molecule has 0 unspecified atom stereocenters. The number of aromatic nitrogens is 5. The summed E-state index contributed by atoms with van der Waals surface area (Å²) in [6.45, 7) is 3.26. The Morgan fingerprint density at radius 3 is 2.50 bits per heavy atom. The standard InChI is InChI=1S/C21H31N5/c1-2-18-17-12-13-25-19(14-15-8-4-3-5-9-15)22-23-21(25)20(17)26(24-18)16-10-6-7-11-16/h15-16H,2-14H2,1H3. The highest BCUT2D eigenvalue weighted by Crippen LogP contribution is 2.38. The van der Waals surface area contributed by atoms with Crippen molar-refractivity contribution in [2.24, 2.45) is 5.92 Å². The highest BCUT2D eigenvalue weighted by Gasteiger charge is 2.32. The number of fused-ring (bicyclic) bond motifs is 3. The molecule has 2 aromatic heterocycles. The largest absolute Gasteiger partial charge is 0.309 e. The first-order valence-electron chi connectivity index (χ1n) is 10.9. The molecule has 0 spiro atoms. The van der Waals surface area contributed by atoms with Crippen molar-refractivity contribution in [2.45, 2.75) is 96.6 Å². The van der Waals surface area contributed by atoms with Gasteiger partial charge in [0.1, 0.15) is 11.5 Å². The van der Waals surface area contributed by atoms with Crippen molar-refractivity contribution in [3.63, 3.8) is 0 Å². The Hall–Kier alpha value is -1.65. The van der Waals surface area contributed by atoms with Crippen molar-refractivity contribution in [1.29, 1.82) is 0 Å². The van der Waals surface area contributed by atoms with E-state index in [4.69, 9.17) is 10.2 Å². The third kappa shape index (κ3) is 2.71. The first-order valence-corrected chi connectivity index (χ1v) is 10.9. The Morgan fingerprint density at radius 1 is 0.962 bits per heavy atom.